The Morgan fingerprint density at radius 3 is 2.62 bits per heavy atom. The number of aryl methyl sites for hydroxylation is 2. The highest BCUT2D eigenvalue weighted by atomic mass is 16.5. The van der Waals surface area contributed by atoms with Crippen molar-refractivity contribution in [3.05, 3.63) is 35.5 Å². The van der Waals surface area contributed by atoms with Gasteiger partial charge in [0.2, 0.25) is 0 Å². The Bertz CT molecular complexity index is 745. The van der Waals surface area contributed by atoms with E-state index in [9.17, 15) is 4.79 Å². The molecule has 0 spiro atoms. The summed E-state index contributed by atoms with van der Waals surface area (Å²) in [6.45, 7) is 4.70. The molecule has 8 nitrogen and oxygen atoms in total. The van der Waals surface area contributed by atoms with Crippen LogP contribution in [0.2, 0.25) is 0 Å². The van der Waals surface area contributed by atoms with E-state index in [0.717, 1.165) is 11.3 Å². The number of hydrogen-bond donors (Lipinski definition) is 2. The molecule has 1 atom stereocenters. The van der Waals surface area contributed by atoms with Gasteiger partial charge in [0.05, 0.1) is 25.5 Å². The summed E-state index contributed by atoms with van der Waals surface area (Å²) in [6, 6.07) is 6.85. The van der Waals surface area contributed by atoms with Crippen LogP contribution in [-0.4, -0.2) is 43.2 Å². The predicted octanol–water partition coefficient (Wildman–Crippen LogP) is 2.65. The zero-order chi connectivity index (χ0) is 19.1. The molecule has 0 bridgehead atoms. The van der Waals surface area contributed by atoms with Gasteiger partial charge in [-0.05, 0) is 31.5 Å². The van der Waals surface area contributed by atoms with Crippen molar-refractivity contribution in [2.24, 2.45) is 7.05 Å². The molecular formula is C18H26N4O4. The fourth-order valence-corrected chi connectivity index (χ4v) is 2.47. The lowest BCUT2D eigenvalue weighted by Crippen LogP contribution is -2.31. The van der Waals surface area contributed by atoms with Crippen molar-refractivity contribution in [1.82, 2.24) is 15.1 Å². The molecule has 1 aromatic carbocycles. The molecule has 2 rings (SSSR count). The molecule has 0 fully saturated rings. The van der Waals surface area contributed by atoms with Crippen LogP contribution >= 0.6 is 0 Å². The summed E-state index contributed by atoms with van der Waals surface area (Å²) < 4.78 is 17.6. The van der Waals surface area contributed by atoms with Crippen LogP contribution in [0.1, 0.15) is 24.2 Å². The summed E-state index contributed by atoms with van der Waals surface area (Å²) in [7, 11) is 4.98. The van der Waals surface area contributed by atoms with Crippen LogP contribution in [0.5, 0.6) is 11.5 Å². The van der Waals surface area contributed by atoms with Crippen molar-refractivity contribution in [3.8, 4) is 11.5 Å². The molecule has 2 aromatic rings. The molecule has 8 heteroatoms. The minimum atomic E-state index is -0.306. The lowest BCUT2D eigenvalue weighted by atomic mass is 10.1. The Morgan fingerprint density at radius 1 is 1.23 bits per heavy atom. The number of nitrogens with one attached hydrogen (secondary N) is 2. The van der Waals surface area contributed by atoms with Gasteiger partial charge in [0, 0.05) is 20.2 Å². The Morgan fingerprint density at radius 2 is 2.00 bits per heavy atom. The van der Waals surface area contributed by atoms with Gasteiger partial charge in [-0.2, -0.15) is 5.10 Å². The van der Waals surface area contributed by atoms with Gasteiger partial charge in [0.15, 0.2) is 11.5 Å². The molecule has 1 heterocycles. The largest absolute Gasteiger partial charge is 0.493 e. The van der Waals surface area contributed by atoms with E-state index in [2.05, 4.69) is 15.7 Å². The molecule has 0 saturated carbocycles. The summed E-state index contributed by atoms with van der Waals surface area (Å²) in [5, 5.41) is 9.88. The van der Waals surface area contributed by atoms with Crippen LogP contribution in [0.25, 0.3) is 0 Å². The van der Waals surface area contributed by atoms with Crippen LogP contribution < -0.4 is 20.1 Å². The molecule has 26 heavy (non-hydrogen) atoms. The third-order valence-corrected chi connectivity index (χ3v) is 3.82. The lowest BCUT2D eigenvalue weighted by molar-refractivity contribution is 0.144. The van der Waals surface area contributed by atoms with Crippen LogP contribution in [0.15, 0.2) is 24.3 Å². The fraction of sp³-hybridized carbons (Fsp3) is 0.444. The monoisotopic (exact) mass is 362 g/mol. The van der Waals surface area contributed by atoms with Gasteiger partial charge >= 0.3 is 6.03 Å². The quantitative estimate of drug-likeness (QED) is 0.705. The van der Waals surface area contributed by atoms with E-state index in [4.69, 9.17) is 14.2 Å². The number of nitrogens with zero attached hydrogens (tertiary/aromatic N) is 2. The number of ether oxygens (including phenoxy) is 3. The summed E-state index contributed by atoms with van der Waals surface area (Å²) in [5.74, 6) is 1.87. The molecule has 0 radical (unpaired) electrons. The van der Waals surface area contributed by atoms with Gasteiger partial charge in [-0.25, -0.2) is 4.79 Å². The average Bonchev–Trinajstić information content (AvgIpc) is 2.92. The highest BCUT2D eigenvalue weighted by molar-refractivity contribution is 5.88. The predicted molar refractivity (Wildman–Crippen MR) is 98.9 cm³/mol. The molecular weight excluding hydrogens is 336 g/mol. The third kappa shape index (κ3) is 5.13. The number of benzene rings is 1. The average molecular weight is 362 g/mol. The van der Waals surface area contributed by atoms with Crippen molar-refractivity contribution >= 4 is 11.8 Å². The second kappa shape index (κ2) is 9.10. The van der Waals surface area contributed by atoms with Gasteiger partial charge in [-0.3, -0.25) is 10.00 Å². The zero-order valence-corrected chi connectivity index (χ0v) is 15.8. The summed E-state index contributed by atoms with van der Waals surface area (Å²) >= 11 is 0. The fourth-order valence-electron chi connectivity index (χ4n) is 2.47. The maximum absolute atomic E-state index is 12.2. The molecule has 0 aliphatic rings. The topological polar surface area (TPSA) is 86.6 Å². The number of urea groups is 1. The highest BCUT2D eigenvalue weighted by Crippen LogP contribution is 2.30. The van der Waals surface area contributed by atoms with Gasteiger partial charge in [0.25, 0.3) is 0 Å². The maximum Gasteiger partial charge on any atom is 0.320 e. The Labute approximate surface area is 153 Å². The van der Waals surface area contributed by atoms with E-state index in [-0.39, 0.29) is 12.1 Å². The number of anilines is 1. The maximum atomic E-state index is 12.2. The van der Waals surface area contributed by atoms with E-state index < -0.39 is 0 Å². The van der Waals surface area contributed by atoms with Crippen molar-refractivity contribution in [3.63, 3.8) is 0 Å². The van der Waals surface area contributed by atoms with E-state index >= 15 is 0 Å². The number of amides is 2. The third-order valence-electron chi connectivity index (χ3n) is 3.82. The van der Waals surface area contributed by atoms with Crippen LogP contribution in [0, 0.1) is 6.92 Å². The lowest BCUT2D eigenvalue weighted by Gasteiger charge is -2.17. The molecule has 2 amide bonds. The molecule has 0 aliphatic heterocycles. The van der Waals surface area contributed by atoms with E-state index in [1.807, 2.05) is 32.0 Å². The van der Waals surface area contributed by atoms with E-state index in [1.165, 1.54) is 0 Å². The van der Waals surface area contributed by atoms with Gasteiger partial charge in [0.1, 0.15) is 12.4 Å². The first-order chi connectivity index (χ1) is 12.4. The number of carbonyl (C=O) groups excluding carboxylic acids is 1. The minimum absolute atomic E-state index is 0.216. The van der Waals surface area contributed by atoms with Crippen molar-refractivity contribution in [1.29, 1.82) is 0 Å². The van der Waals surface area contributed by atoms with Gasteiger partial charge < -0.3 is 19.5 Å². The first-order valence-electron chi connectivity index (χ1n) is 8.32. The Hall–Kier alpha value is -2.74. The van der Waals surface area contributed by atoms with E-state index in [0.29, 0.717) is 30.5 Å². The van der Waals surface area contributed by atoms with Crippen molar-refractivity contribution in [2.45, 2.75) is 19.9 Å². The molecule has 142 valence electrons. The first kappa shape index (κ1) is 19.6. The Balaban J connectivity index is 2.00. The summed E-state index contributed by atoms with van der Waals surface area (Å²) in [4.78, 5) is 12.2. The number of rotatable bonds is 8. The molecule has 1 unspecified atom stereocenters. The smallest absolute Gasteiger partial charge is 0.320 e. The van der Waals surface area contributed by atoms with Gasteiger partial charge in [-0.15, -0.1) is 0 Å². The number of methoxy groups -OCH3 is 2. The van der Waals surface area contributed by atoms with E-state index in [1.54, 1.807) is 32.0 Å². The molecule has 0 aliphatic carbocycles. The second-order valence-corrected chi connectivity index (χ2v) is 5.87. The van der Waals surface area contributed by atoms with Crippen LogP contribution in [0.4, 0.5) is 10.6 Å². The standard InChI is InChI=1S/C18H26N4O4/c1-12-10-17(22(3)21-12)20-18(23)19-13(2)14-6-7-15(16(11-14)25-5)26-9-8-24-4/h6-7,10-11,13H,8-9H2,1-5H3,(H2,19,20,23). The molecule has 1 aromatic heterocycles. The normalized spacial score (nSPS) is 11.7. The second-order valence-electron chi connectivity index (χ2n) is 5.87. The van der Waals surface area contributed by atoms with Crippen molar-refractivity contribution in [2.75, 3.05) is 32.8 Å². The number of aromatic nitrogens is 2. The highest BCUT2D eigenvalue weighted by Gasteiger charge is 2.14. The first-order valence-corrected chi connectivity index (χ1v) is 8.32. The van der Waals surface area contributed by atoms with Gasteiger partial charge in [-0.1, -0.05) is 6.07 Å². The minimum Gasteiger partial charge on any atom is -0.493 e. The zero-order valence-electron chi connectivity index (χ0n) is 15.8. The number of hydrogen-bond acceptors (Lipinski definition) is 5. The van der Waals surface area contributed by atoms with Crippen LogP contribution in [-0.2, 0) is 11.8 Å². The van der Waals surface area contributed by atoms with Crippen molar-refractivity contribution < 1.29 is 19.0 Å². The summed E-state index contributed by atoms with van der Waals surface area (Å²) in [6.07, 6.45) is 0. The van der Waals surface area contributed by atoms with Crippen LogP contribution in [0.3, 0.4) is 0 Å². The number of carbonyl (C=O) groups is 1. The SMILES string of the molecule is COCCOc1ccc(C(C)NC(=O)Nc2cc(C)nn2C)cc1OC. The Kier molecular flexibility index (Phi) is 6.85. The molecule has 2 N–H and O–H groups in total. The summed E-state index contributed by atoms with van der Waals surface area (Å²) in [5.41, 5.74) is 1.74. The molecule has 0 saturated heterocycles.